The minimum Gasteiger partial charge on any atom is -0.497 e. The highest BCUT2D eigenvalue weighted by Gasteiger charge is 2.37. The van der Waals surface area contributed by atoms with Crippen molar-refractivity contribution in [3.63, 3.8) is 0 Å². The van der Waals surface area contributed by atoms with Gasteiger partial charge in [-0.25, -0.2) is 0 Å². The van der Waals surface area contributed by atoms with E-state index in [1.165, 1.54) is 13.2 Å². The molecule has 102 valence electrons. The lowest BCUT2D eigenvalue weighted by Gasteiger charge is -2.28. The van der Waals surface area contributed by atoms with Gasteiger partial charge in [0, 0.05) is 0 Å². The third-order valence-electron chi connectivity index (χ3n) is 3.14. The molecular formula is C14H19F3O. The fourth-order valence-corrected chi connectivity index (χ4v) is 2.23. The van der Waals surface area contributed by atoms with Crippen LogP contribution in [0.3, 0.4) is 0 Å². The van der Waals surface area contributed by atoms with E-state index in [9.17, 15) is 13.2 Å². The van der Waals surface area contributed by atoms with E-state index in [0.717, 1.165) is 12.5 Å². The fourth-order valence-electron chi connectivity index (χ4n) is 2.23. The molecule has 18 heavy (non-hydrogen) atoms. The monoisotopic (exact) mass is 260 g/mol. The van der Waals surface area contributed by atoms with Crippen LogP contribution < -0.4 is 4.74 Å². The van der Waals surface area contributed by atoms with Crippen molar-refractivity contribution in [2.75, 3.05) is 7.11 Å². The predicted molar refractivity (Wildman–Crippen MR) is 65.9 cm³/mol. The quantitative estimate of drug-likeness (QED) is 0.756. The standard InChI is InChI=1S/C14H19F3O/c1-5-8-13(2,3)11-7-6-10(18-4)9-12(11)14(15,16)17/h6-7,9H,5,8H2,1-4H3. The first kappa shape index (κ1) is 14.9. The third-order valence-corrected chi connectivity index (χ3v) is 3.14. The van der Waals surface area contributed by atoms with Crippen LogP contribution in [0.1, 0.15) is 44.7 Å². The van der Waals surface area contributed by atoms with Crippen LogP contribution in [-0.2, 0) is 11.6 Å². The topological polar surface area (TPSA) is 9.23 Å². The molecule has 0 spiro atoms. The van der Waals surface area contributed by atoms with Gasteiger partial charge in [0.2, 0.25) is 0 Å². The number of hydrogen-bond donors (Lipinski definition) is 0. The molecule has 4 heteroatoms. The molecule has 1 aromatic carbocycles. The molecule has 1 aromatic rings. The van der Waals surface area contributed by atoms with Crippen molar-refractivity contribution in [2.45, 2.75) is 45.2 Å². The number of benzene rings is 1. The normalized spacial score (nSPS) is 12.6. The summed E-state index contributed by atoms with van der Waals surface area (Å²) in [5.41, 5.74) is -0.760. The maximum Gasteiger partial charge on any atom is 0.416 e. The zero-order valence-corrected chi connectivity index (χ0v) is 11.2. The van der Waals surface area contributed by atoms with Gasteiger partial charge in [-0.1, -0.05) is 33.3 Å². The Morgan fingerprint density at radius 1 is 1.11 bits per heavy atom. The van der Waals surface area contributed by atoms with Gasteiger partial charge in [-0.3, -0.25) is 0 Å². The van der Waals surface area contributed by atoms with E-state index < -0.39 is 17.2 Å². The second-order valence-corrected chi connectivity index (χ2v) is 5.04. The maximum absolute atomic E-state index is 13.1. The molecule has 0 heterocycles. The third kappa shape index (κ3) is 3.18. The van der Waals surface area contributed by atoms with Gasteiger partial charge in [0.1, 0.15) is 5.75 Å². The van der Waals surface area contributed by atoms with E-state index >= 15 is 0 Å². The van der Waals surface area contributed by atoms with Gasteiger partial charge in [-0.2, -0.15) is 13.2 Å². The Kier molecular flexibility index (Phi) is 4.30. The number of ether oxygens (including phenoxy) is 1. The molecule has 0 aromatic heterocycles. The van der Waals surface area contributed by atoms with Gasteiger partial charge >= 0.3 is 6.18 Å². The number of methoxy groups -OCH3 is 1. The van der Waals surface area contributed by atoms with Crippen LogP contribution in [0.5, 0.6) is 5.75 Å². The molecule has 0 aliphatic rings. The molecule has 0 saturated carbocycles. The highest BCUT2D eigenvalue weighted by atomic mass is 19.4. The Balaban J connectivity index is 3.35. The van der Waals surface area contributed by atoms with Crippen molar-refractivity contribution in [1.29, 1.82) is 0 Å². The fraction of sp³-hybridized carbons (Fsp3) is 0.571. The number of rotatable bonds is 4. The molecule has 0 N–H and O–H groups in total. The molecule has 0 unspecified atom stereocenters. The van der Waals surface area contributed by atoms with E-state index in [2.05, 4.69) is 0 Å². The lowest BCUT2D eigenvalue weighted by molar-refractivity contribution is -0.138. The molecule has 0 atom stereocenters. The van der Waals surface area contributed by atoms with Crippen molar-refractivity contribution in [3.8, 4) is 5.75 Å². The average Bonchev–Trinajstić information content (AvgIpc) is 2.27. The average molecular weight is 260 g/mol. The lowest BCUT2D eigenvalue weighted by Crippen LogP contribution is -2.22. The summed E-state index contributed by atoms with van der Waals surface area (Å²) in [5.74, 6) is 0.235. The highest BCUT2D eigenvalue weighted by Crippen LogP contribution is 2.41. The summed E-state index contributed by atoms with van der Waals surface area (Å²) >= 11 is 0. The summed E-state index contributed by atoms with van der Waals surface area (Å²) in [7, 11) is 1.37. The molecule has 0 saturated heterocycles. The number of hydrogen-bond acceptors (Lipinski definition) is 1. The van der Waals surface area contributed by atoms with Crippen LogP contribution in [0.15, 0.2) is 18.2 Å². The smallest absolute Gasteiger partial charge is 0.416 e. The molecule has 0 aliphatic heterocycles. The summed E-state index contributed by atoms with van der Waals surface area (Å²) in [4.78, 5) is 0. The maximum atomic E-state index is 13.1. The summed E-state index contributed by atoms with van der Waals surface area (Å²) in [6, 6.07) is 4.19. The Labute approximate surface area is 106 Å². The summed E-state index contributed by atoms with van der Waals surface area (Å²) < 4.78 is 44.1. The molecular weight excluding hydrogens is 241 g/mol. The van der Waals surface area contributed by atoms with Crippen LogP contribution >= 0.6 is 0 Å². The van der Waals surface area contributed by atoms with E-state index in [0.29, 0.717) is 12.0 Å². The molecule has 0 radical (unpaired) electrons. The van der Waals surface area contributed by atoms with Crippen molar-refractivity contribution >= 4 is 0 Å². The molecule has 0 aliphatic carbocycles. The van der Waals surface area contributed by atoms with Crippen molar-refractivity contribution in [1.82, 2.24) is 0 Å². The van der Waals surface area contributed by atoms with Crippen LogP contribution in [0.4, 0.5) is 13.2 Å². The van der Waals surface area contributed by atoms with E-state index in [1.807, 2.05) is 20.8 Å². The largest absolute Gasteiger partial charge is 0.497 e. The number of alkyl halides is 3. The van der Waals surface area contributed by atoms with Gasteiger partial charge in [0.05, 0.1) is 12.7 Å². The van der Waals surface area contributed by atoms with Gasteiger partial charge in [0.25, 0.3) is 0 Å². The molecule has 1 nitrogen and oxygen atoms in total. The predicted octanol–water partition coefficient (Wildman–Crippen LogP) is 4.79. The Hall–Kier alpha value is -1.19. The van der Waals surface area contributed by atoms with Crippen LogP contribution in [0, 0.1) is 0 Å². The minimum absolute atomic E-state index is 0.235. The highest BCUT2D eigenvalue weighted by molar-refractivity contribution is 5.41. The van der Waals surface area contributed by atoms with E-state index in [1.54, 1.807) is 6.07 Å². The number of halogens is 3. The van der Waals surface area contributed by atoms with Crippen molar-refractivity contribution < 1.29 is 17.9 Å². The second kappa shape index (κ2) is 5.21. The molecule has 0 fully saturated rings. The van der Waals surface area contributed by atoms with Gasteiger partial charge in [-0.05, 0) is 29.5 Å². The van der Waals surface area contributed by atoms with Gasteiger partial charge in [-0.15, -0.1) is 0 Å². The Morgan fingerprint density at radius 3 is 2.17 bits per heavy atom. The van der Waals surface area contributed by atoms with E-state index in [-0.39, 0.29) is 5.75 Å². The molecule has 0 bridgehead atoms. The summed E-state index contributed by atoms with van der Waals surface area (Å²) in [6.45, 7) is 5.65. The summed E-state index contributed by atoms with van der Waals surface area (Å²) in [5, 5.41) is 0. The Bertz CT molecular complexity index is 408. The molecule has 1 rings (SSSR count). The first-order valence-electron chi connectivity index (χ1n) is 5.98. The zero-order chi connectivity index (χ0) is 14.0. The van der Waals surface area contributed by atoms with Crippen LogP contribution in [0.2, 0.25) is 0 Å². The lowest BCUT2D eigenvalue weighted by atomic mass is 9.78. The second-order valence-electron chi connectivity index (χ2n) is 5.04. The van der Waals surface area contributed by atoms with Crippen LogP contribution in [0.25, 0.3) is 0 Å². The SMILES string of the molecule is CCCC(C)(C)c1ccc(OC)cc1C(F)(F)F. The van der Waals surface area contributed by atoms with Gasteiger partial charge in [0.15, 0.2) is 0 Å². The first-order valence-corrected chi connectivity index (χ1v) is 5.98. The van der Waals surface area contributed by atoms with Crippen molar-refractivity contribution in [2.24, 2.45) is 0 Å². The molecule has 0 amide bonds. The minimum atomic E-state index is -4.35. The van der Waals surface area contributed by atoms with Gasteiger partial charge < -0.3 is 4.74 Å². The van der Waals surface area contributed by atoms with Crippen molar-refractivity contribution in [3.05, 3.63) is 29.3 Å². The first-order chi connectivity index (χ1) is 8.22. The zero-order valence-electron chi connectivity index (χ0n) is 11.2. The summed E-state index contributed by atoms with van der Waals surface area (Å²) in [6.07, 6.45) is -2.80. The Morgan fingerprint density at radius 2 is 1.72 bits per heavy atom. The van der Waals surface area contributed by atoms with Crippen LogP contribution in [-0.4, -0.2) is 7.11 Å². The van der Waals surface area contributed by atoms with E-state index in [4.69, 9.17) is 4.74 Å².